The molecule has 1 aromatic heterocycles. The van der Waals surface area contributed by atoms with Gasteiger partial charge in [-0.15, -0.1) is 0 Å². The lowest BCUT2D eigenvalue weighted by atomic mass is 10.1. The molecule has 0 bridgehead atoms. The number of hydrogen-bond acceptors (Lipinski definition) is 6. The van der Waals surface area contributed by atoms with Crippen LogP contribution in [0.5, 0.6) is 17.2 Å². The van der Waals surface area contributed by atoms with Crippen LogP contribution in [-0.2, 0) is 17.6 Å². The molecular weight excluding hydrogens is 460 g/mol. The maximum absolute atomic E-state index is 12.9. The summed E-state index contributed by atoms with van der Waals surface area (Å²) in [5, 5.41) is 5.64. The van der Waals surface area contributed by atoms with Crippen LogP contribution < -0.4 is 24.8 Å². The lowest BCUT2D eigenvalue weighted by Gasteiger charge is -2.14. The Morgan fingerprint density at radius 3 is 2.14 bits per heavy atom. The molecule has 0 saturated heterocycles. The average molecular weight is 489 g/mol. The number of H-pyrrole nitrogens is 1. The molecule has 0 unspecified atom stereocenters. The largest absolute Gasteiger partial charge is 0.493 e. The minimum atomic E-state index is -0.276. The van der Waals surface area contributed by atoms with Crippen molar-refractivity contribution in [2.45, 2.75) is 19.8 Å². The Morgan fingerprint density at radius 2 is 1.53 bits per heavy atom. The van der Waals surface area contributed by atoms with Crippen LogP contribution in [0.25, 0.3) is 11.0 Å². The van der Waals surface area contributed by atoms with E-state index in [1.165, 1.54) is 28.3 Å². The summed E-state index contributed by atoms with van der Waals surface area (Å²) in [7, 11) is 4.57. The Bertz CT molecular complexity index is 1370. The van der Waals surface area contributed by atoms with Crippen LogP contribution in [0, 0.1) is 0 Å². The quantitative estimate of drug-likeness (QED) is 0.318. The van der Waals surface area contributed by atoms with Crippen molar-refractivity contribution >= 4 is 34.2 Å². The highest BCUT2D eigenvalue weighted by Gasteiger charge is 2.16. The molecule has 4 aromatic rings. The van der Waals surface area contributed by atoms with Crippen LogP contribution in [0.15, 0.2) is 54.6 Å². The van der Waals surface area contributed by atoms with Crippen LogP contribution in [0.2, 0.25) is 0 Å². The van der Waals surface area contributed by atoms with Crippen molar-refractivity contribution in [2.24, 2.45) is 0 Å². The Labute approximate surface area is 208 Å². The minimum Gasteiger partial charge on any atom is -0.493 e. The topological polar surface area (TPSA) is 115 Å². The molecule has 186 valence electrons. The normalized spacial score (nSPS) is 10.7. The minimum absolute atomic E-state index is 0.0958. The van der Waals surface area contributed by atoms with Crippen molar-refractivity contribution < 1.29 is 23.8 Å². The predicted molar refractivity (Wildman–Crippen MR) is 138 cm³/mol. The van der Waals surface area contributed by atoms with Gasteiger partial charge in [0.1, 0.15) is 5.82 Å². The van der Waals surface area contributed by atoms with Gasteiger partial charge in [0.05, 0.1) is 32.4 Å². The van der Waals surface area contributed by atoms with E-state index < -0.39 is 0 Å². The van der Waals surface area contributed by atoms with Gasteiger partial charge in [-0.1, -0.05) is 12.1 Å². The van der Waals surface area contributed by atoms with Crippen LogP contribution in [0.1, 0.15) is 28.7 Å². The number of methoxy groups -OCH3 is 3. The number of benzene rings is 3. The van der Waals surface area contributed by atoms with Gasteiger partial charge in [-0.05, 0) is 42.3 Å². The van der Waals surface area contributed by atoms with E-state index in [1.807, 2.05) is 30.3 Å². The van der Waals surface area contributed by atoms with Gasteiger partial charge in [0.2, 0.25) is 11.7 Å². The Balaban J connectivity index is 1.45. The number of fused-ring (bicyclic) bond motifs is 1. The fourth-order valence-electron chi connectivity index (χ4n) is 3.90. The van der Waals surface area contributed by atoms with E-state index in [0.29, 0.717) is 34.9 Å². The van der Waals surface area contributed by atoms with E-state index >= 15 is 0 Å². The van der Waals surface area contributed by atoms with Crippen LogP contribution in [0.3, 0.4) is 0 Å². The molecule has 0 spiro atoms. The molecule has 0 aliphatic rings. The second kappa shape index (κ2) is 10.8. The summed E-state index contributed by atoms with van der Waals surface area (Å²) in [5.41, 5.74) is 4.48. The van der Waals surface area contributed by atoms with Crippen LogP contribution in [0.4, 0.5) is 11.4 Å². The number of nitrogens with one attached hydrogen (secondary N) is 3. The molecule has 1 heterocycles. The van der Waals surface area contributed by atoms with Gasteiger partial charge in [0, 0.05) is 42.4 Å². The van der Waals surface area contributed by atoms with Crippen molar-refractivity contribution in [2.75, 3.05) is 32.0 Å². The fourth-order valence-corrected chi connectivity index (χ4v) is 3.90. The van der Waals surface area contributed by atoms with Crippen molar-refractivity contribution in [3.63, 3.8) is 0 Å². The first kappa shape index (κ1) is 24.6. The zero-order chi connectivity index (χ0) is 25.7. The van der Waals surface area contributed by atoms with Gasteiger partial charge < -0.3 is 29.8 Å². The molecule has 0 saturated carbocycles. The molecule has 0 atom stereocenters. The molecule has 0 radical (unpaired) electrons. The van der Waals surface area contributed by atoms with Crippen molar-refractivity contribution in [1.29, 1.82) is 0 Å². The standard InChI is InChI=1S/C27H28N4O5/c1-16(32)28-19-9-5-17(6-10-19)7-12-25-30-21-11-8-18(13-22(21)31-25)27(33)29-20-14-23(34-2)26(36-4)24(15-20)35-3/h5-6,8-11,13-15H,7,12H2,1-4H3,(H,28,32)(H,29,33)(H,30,31). The number of hydrogen-bond donors (Lipinski definition) is 3. The van der Waals surface area contributed by atoms with Gasteiger partial charge in [-0.25, -0.2) is 4.98 Å². The summed E-state index contributed by atoms with van der Waals surface area (Å²) in [6, 6.07) is 16.4. The monoisotopic (exact) mass is 488 g/mol. The summed E-state index contributed by atoms with van der Waals surface area (Å²) < 4.78 is 16.0. The van der Waals surface area contributed by atoms with Crippen molar-refractivity contribution in [3.05, 3.63) is 71.5 Å². The summed E-state index contributed by atoms with van der Waals surface area (Å²) in [6.07, 6.45) is 1.50. The Morgan fingerprint density at radius 1 is 0.833 bits per heavy atom. The molecule has 0 aliphatic carbocycles. The number of ether oxygens (including phenoxy) is 3. The number of aromatic nitrogens is 2. The van der Waals surface area contributed by atoms with E-state index in [-0.39, 0.29) is 11.8 Å². The first-order valence-electron chi connectivity index (χ1n) is 11.4. The highest BCUT2D eigenvalue weighted by molar-refractivity contribution is 6.06. The number of carbonyl (C=O) groups is 2. The first-order valence-corrected chi connectivity index (χ1v) is 11.4. The zero-order valence-electron chi connectivity index (χ0n) is 20.6. The lowest BCUT2D eigenvalue weighted by Crippen LogP contribution is -2.12. The second-order valence-electron chi connectivity index (χ2n) is 8.16. The number of amides is 2. The van der Waals surface area contributed by atoms with E-state index in [1.54, 1.807) is 24.3 Å². The zero-order valence-corrected chi connectivity index (χ0v) is 20.6. The molecule has 9 heteroatoms. The summed E-state index contributed by atoms with van der Waals surface area (Å²) in [6.45, 7) is 1.48. The molecule has 9 nitrogen and oxygen atoms in total. The average Bonchev–Trinajstić information content (AvgIpc) is 3.29. The van der Waals surface area contributed by atoms with E-state index in [4.69, 9.17) is 14.2 Å². The van der Waals surface area contributed by atoms with Crippen LogP contribution >= 0.6 is 0 Å². The molecule has 36 heavy (non-hydrogen) atoms. The maximum atomic E-state index is 12.9. The fraction of sp³-hybridized carbons (Fsp3) is 0.222. The third-order valence-corrected chi connectivity index (χ3v) is 5.64. The third kappa shape index (κ3) is 5.57. The number of rotatable bonds is 9. The Kier molecular flexibility index (Phi) is 7.39. The van der Waals surface area contributed by atoms with Crippen LogP contribution in [-0.4, -0.2) is 43.1 Å². The number of aryl methyl sites for hydroxylation is 2. The number of nitrogens with zero attached hydrogens (tertiary/aromatic N) is 1. The van der Waals surface area contributed by atoms with E-state index in [0.717, 1.165) is 34.5 Å². The summed E-state index contributed by atoms with van der Waals surface area (Å²) >= 11 is 0. The van der Waals surface area contributed by atoms with E-state index in [9.17, 15) is 9.59 Å². The van der Waals surface area contributed by atoms with Crippen molar-refractivity contribution in [1.82, 2.24) is 9.97 Å². The molecule has 4 rings (SSSR count). The SMILES string of the molecule is COc1cc(NC(=O)c2ccc3nc(CCc4ccc(NC(C)=O)cc4)[nH]c3c2)cc(OC)c1OC. The van der Waals surface area contributed by atoms with E-state index in [2.05, 4.69) is 20.6 Å². The van der Waals surface area contributed by atoms with Gasteiger partial charge in [-0.3, -0.25) is 9.59 Å². The second-order valence-corrected chi connectivity index (χ2v) is 8.16. The van der Waals surface area contributed by atoms with Gasteiger partial charge in [-0.2, -0.15) is 0 Å². The third-order valence-electron chi connectivity index (χ3n) is 5.64. The molecule has 3 N–H and O–H groups in total. The molecule has 0 aliphatic heterocycles. The number of anilines is 2. The first-order chi connectivity index (χ1) is 17.4. The molecule has 2 amide bonds. The molecule has 3 aromatic carbocycles. The lowest BCUT2D eigenvalue weighted by molar-refractivity contribution is -0.114. The smallest absolute Gasteiger partial charge is 0.255 e. The summed E-state index contributed by atoms with van der Waals surface area (Å²) in [4.78, 5) is 32.1. The van der Waals surface area contributed by atoms with Gasteiger partial charge >= 0.3 is 0 Å². The maximum Gasteiger partial charge on any atom is 0.255 e. The Hall–Kier alpha value is -4.53. The summed E-state index contributed by atoms with van der Waals surface area (Å²) in [5.74, 6) is 1.81. The predicted octanol–water partition coefficient (Wildman–Crippen LogP) is 4.58. The highest BCUT2D eigenvalue weighted by atomic mass is 16.5. The van der Waals surface area contributed by atoms with Gasteiger partial charge in [0.25, 0.3) is 5.91 Å². The molecule has 0 fully saturated rings. The molecular formula is C27H28N4O5. The highest BCUT2D eigenvalue weighted by Crippen LogP contribution is 2.40. The number of aromatic amines is 1. The number of imidazole rings is 1. The van der Waals surface area contributed by atoms with Crippen molar-refractivity contribution in [3.8, 4) is 17.2 Å². The van der Waals surface area contributed by atoms with Gasteiger partial charge in [0.15, 0.2) is 11.5 Å². The number of carbonyl (C=O) groups excluding carboxylic acids is 2.